The molecule has 0 amide bonds. The van der Waals surface area contributed by atoms with Crippen molar-refractivity contribution in [1.82, 2.24) is 15.8 Å². The maximum absolute atomic E-state index is 5.95. The Morgan fingerprint density at radius 3 is 2.70 bits per heavy atom. The fraction of sp³-hybridized carbons (Fsp3) is 0.500. The van der Waals surface area contributed by atoms with Gasteiger partial charge in [-0.3, -0.25) is 4.99 Å². The highest BCUT2D eigenvalue weighted by molar-refractivity contribution is 14.0. The third-order valence-corrected chi connectivity index (χ3v) is 4.70. The molecule has 0 spiro atoms. The molecule has 1 fully saturated rings. The van der Waals surface area contributed by atoms with Gasteiger partial charge in [0.25, 0.3) is 0 Å². The second-order valence-electron chi connectivity index (χ2n) is 6.93. The van der Waals surface area contributed by atoms with Gasteiger partial charge in [-0.15, -0.1) is 24.0 Å². The number of aromatic nitrogens is 1. The van der Waals surface area contributed by atoms with Crippen molar-refractivity contribution in [1.29, 1.82) is 0 Å². The van der Waals surface area contributed by atoms with Crippen molar-refractivity contribution in [2.24, 2.45) is 10.9 Å². The van der Waals surface area contributed by atoms with Gasteiger partial charge in [-0.1, -0.05) is 49.3 Å². The van der Waals surface area contributed by atoms with Crippen LogP contribution in [0.5, 0.6) is 0 Å². The Kier molecular flexibility index (Phi) is 8.56. The lowest BCUT2D eigenvalue weighted by Crippen LogP contribution is -2.39. The minimum atomic E-state index is 0. The van der Waals surface area contributed by atoms with Crippen LogP contribution in [0.3, 0.4) is 0 Å². The summed E-state index contributed by atoms with van der Waals surface area (Å²) < 4.78 is 11.3. The molecule has 2 unspecified atom stereocenters. The molecule has 2 heterocycles. The average Bonchev–Trinajstić information content (AvgIpc) is 3.32. The second-order valence-corrected chi connectivity index (χ2v) is 6.93. The molecule has 6 nitrogen and oxygen atoms in total. The summed E-state index contributed by atoms with van der Waals surface area (Å²) in [5.74, 6) is 2.35. The molecule has 1 aliphatic heterocycles. The topological polar surface area (TPSA) is 71.7 Å². The number of guanidine groups is 1. The molecule has 0 aliphatic carbocycles. The number of rotatable bonds is 6. The van der Waals surface area contributed by atoms with Gasteiger partial charge in [-0.25, -0.2) is 0 Å². The van der Waals surface area contributed by atoms with E-state index in [-0.39, 0.29) is 30.1 Å². The van der Waals surface area contributed by atoms with Crippen LogP contribution in [-0.4, -0.2) is 31.3 Å². The van der Waals surface area contributed by atoms with Crippen molar-refractivity contribution in [2.75, 3.05) is 20.2 Å². The van der Waals surface area contributed by atoms with Crippen LogP contribution < -0.4 is 10.6 Å². The van der Waals surface area contributed by atoms with Crippen LogP contribution in [0.2, 0.25) is 0 Å². The molecule has 0 saturated carbocycles. The Labute approximate surface area is 178 Å². The van der Waals surface area contributed by atoms with E-state index >= 15 is 0 Å². The Hall–Kier alpha value is -1.61. The Balaban J connectivity index is 0.00000261. The first-order valence-corrected chi connectivity index (χ1v) is 9.24. The van der Waals surface area contributed by atoms with Crippen LogP contribution in [0.1, 0.15) is 49.3 Å². The highest BCUT2D eigenvalue weighted by Gasteiger charge is 2.29. The summed E-state index contributed by atoms with van der Waals surface area (Å²) in [5.41, 5.74) is 2.21. The summed E-state index contributed by atoms with van der Waals surface area (Å²) in [5, 5.41) is 10.8. The molecule has 0 radical (unpaired) electrons. The Morgan fingerprint density at radius 1 is 1.26 bits per heavy atom. The standard InChI is InChI=1S/C20H28N4O2.HI/c1-14(2)18-11-17(26-24-18)13-23-20(21-3)22-12-16-9-10-25-19(16)15-7-5-4-6-8-15;/h4-8,11,14,16,19H,9-10,12-13H2,1-3H3,(H2,21,22,23);1H. The molecule has 2 aromatic rings. The molecule has 3 rings (SSSR count). The van der Waals surface area contributed by atoms with E-state index in [2.05, 4.69) is 58.9 Å². The van der Waals surface area contributed by atoms with E-state index in [1.807, 2.05) is 12.1 Å². The fourth-order valence-electron chi connectivity index (χ4n) is 3.16. The highest BCUT2D eigenvalue weighted by Crippen LogP contribution is 2.33. The number of hydrogen-bond acceptors (Lipinski definition) is 4. The monoisotopic (exact) mass is 484 g/mol. The quantitative estimate of drug-likeness (QED) is 0.370. The van der Waals surface area contributed by atoms with Crippen LogP contribution in [0, 0.1) is 5.92 Å². The molecule has 1 aromatic heterocycles. The lowest BCUT2D eigenvalue weighted by atomic mass is 9.95. The van der Waals surface area contributed by atoms with Gasteiger partial charge in [0, 0.05) is 32.2 Å². The molecule has 27 heavy (non-hydrogen) atoms. The van der Waals surface area contributed by atoms with Crippen molar-refractivity contribution in [3.8, 4) is 0 Å². The summed E-state index contributed by atoms with van der Waals surface area (Å²) >= 11 is 0. The van der Waals surface area contributed by atoms with E-state index in [0.717, 1.165) is 37.0 Å². The normalized spacial score (nSPS) is 19.8. The fourth-order valence-corrected chi connectivity index (χ4v) is 3.16. The van der Waals surface area contributed by atoms with E-state index in [1.165, 1.54) is 5.56 Å². The molecule has 7 heteroatoms. The summed E-state index contributed by atoms with van der Waals surface area (Å²) in [6, 6.07) is 12.4. The van der Waals surface area contributed by atoms with E-state index in [1.54, 1.807) is 7.05 Å². The van der Waals surface area contributed by atoms with Gasteiger partial charge < -0.3 is 19.9 Å². The van der Waals surface area contributed by atoms with Gasteiger partial charge in [0.2, 0.25) is 0 Å². The predicted molar refractivity (Wildman–Crippen MR) is 117 cm³/mol. The minimum Gasteiger partial charge on any atom is -0.373 e. The second kappa shape index (κ2) is 10.7. The summed E-state index contributed by atoms with van der Waals surface area (Å²) in [6.07, 6.45) is 1.19. The van der Waals surface area contributed by atoms with E-state index < -0.39 is 0 Å². The van der Waals surface area contributed by atoms with Gasteiger partial charge in [-0.2, -0.15) is 0 Å². The molecule has 1 aliphatic rings. The molecule has 148 valence electrons. The smallest absolute Gasteiger partial charge is 0.191 e. The van der Waals surface area contributed by atoms with Crippen LogP contribution >= 0.6 is 24.0 Å². The zero-order chi connectivity index (χ0) is 18.4. The van der Waals surface area contributed by atoms with Crippen LogP contribution in [0.25, 0.3) is 0 Å². The van der Waals surface area contributed by atoms with Crippen molar-refractivity contribution in [3.63, 3.8) is 0 Å². The first-order chi connectivity index (χ1) is 12.7. The third kappa shape index (κ3) is 5.93. The van der Waals surface area contributed by atoms with E-state index in [9.17, 15) is 0 Å². The molecule has 2 N–H and O–H groups in total. The number of nitrogens with one attached hydrogen (secondary N) is 2. The van der Waals surface area contributed by atoms with Gasteiger partial charge in [0.15, 0.2) is 11.7 Å². The van der Waals surface area contributed by atoms with Gasteiger partial charge in [0.1, 0.15) is 0 Å². The molecular formula is C20H29IN4O2. The number of nitrogens with zero attached hydrogens (tertiary/aromatic N) is 2. The van der Waals surface area contributed by atoms with E-state index in [0.29, 0.717) is 18.4 Å². The zero-order valence-electron chi connectivity index (χ0n) is 16.1. The predicted octanol–water partition coefficient (Wildman–Crippen LogP) is 3.86. The molecule has 2 atom stereocenters. The average molecular weight is 484 g/mol. The summed E-state index contributed by atoms with van der Waals surface area (Å²) in [4.78, 5) is 4.30. The molecule has 1 aromatic carbocycles. The van der Waals surface area contributed by atoms with Crippen molar-refractivity contribution < 1.29 is 9.26 Å². The first-order valence-electron chi connectivity index (χ1n) is 9.24. The van der Waals surface area contributed by atoms with Gasteiger partial charge in [0.05, 0.1) is 18.3 Å². The molecular weight excluding hydrogens is 455 g/mol. The highest BCUT2D eigenvalue weighted by atomic mass is 127. The lowest BCUT2D eigenvalue weighted by molar-refractivity contribution is 0.0915. The SMILES string of the molecule is CN=C(NCc1cc(C(C)C)no1)NCC1CCOC1c1ccccc1.I. The van der Waals surface area contributed by atoms with Gasteiger partial charge in [-0.05, 0) is 17.9 Å². The van der Waals surface area contributed by atoms with Crippen molar-refractivity contribution in [2.45, 2.75) is 38.8 Å². The maximum Gasteiger partial charge on any atom is 0.191 e. The van der Waals surface area contributed by atoms with Crippen LogP contribution in [-0.2, 0) is 11.3 Å². The number of aliphatic imine (C=N–C) groups is 1. The number of ether oxygens (including phenoxy) is 1. The van der Waals surface area contributed by atoms with E-state index in [4.69, 9.17) is 9.26 Å². The Bertz CT molecular complexity index is 718. The number of hydrogen-bond donors (Lipinski definition) is 2. The molecule has 0 bridgehead atoms. The lowest BCUT2D eigenvalue weighted by Gasteiger charge is -2.20. The summed E-state index contributed by atoms with van der Waals surface area (Å²) in [7, 11) is 1.77. The van der Waals surface area contributed by atoms with Crippen LogP contribution in [0.15, 0.2) is 45.9 Å². The van der Waals surface area contributed by atoms with Crippen molar-refractivity contribution >= 4 is 29.9 Å². The van der Waals surface area contributed by atoms with Crippen molar-refractivity contribution in [3.05, 3.63) is 53.4 Å². The van der Waals surface area contributed by atoms with Crippen LogP contribution in [0.4, 0.5) is 0 Å². The zero-order valence-corrected chi connectivity index (χ0v) is 18.5. The third-order valence-electron chi connectivity index (χ3n) is 4.70. The first kappa shape index (κ1) is 21.7. The largest absolute Gasteiger partial charge is 0.373 e. The van der Waals surface area contributed by atoms with Gasteiger partial charge >= 0.3 is 0 Å². The Morgan fingerprint density at radius 2 is 2.04 bits per heavy atom. The summed E-state index contributed by atoms with van der Waals surface area (Å²) in [6.45, 7) is 6.37. The number of benzene rings is 1. The maximum atomic E-state index is 5.95. The number of halogens is 1. The molecule has 1 saturated heterocycles. The minimum absolute atomic E-state index is 0.